The van der Waals surface area contributed by atoms with Gasteiger partial charge in [0.1, 0.15) is 12.4 Å². The maximum Gasteiger partial charge on any atom is 0.222 e. The van der Waals surface area contributed by atoms with Crippen LogP contribution >= 0.6 is 0 Å². The SMILES string of the molecule is O=C(CCCCc1ccccc1)N1CCCC(Oc2ccncn2)C1. The molecule has 2 heterocycles. The van der Waals surface area contributed by atoms with E-state index in [1.165, 1.54) is 11.9 Å². The van der Waals surface area contributed by atoms with E-state index in [-0.39, 0.29) is 12.0 Å². The van der Waals surface area contributed by atoms with Crippen molar-refractivity contribution in [1.29, 1.82) is 0 Å². The number of unbranched alkanes of at least 4 members (excludes halogenated alkanes) is 1. The largest absolute Gasteiger partial charge is 0.472 e. The fourth-order valence-corrected chi connectivity index (χ4v) is 3.19. The van der Waals surface area contributed by atoms with Crippen LogP contribution in [0, 0.1) is 0 Å². The van der Waals surface area contributed by atoms with Crippen molar-refractivity contribution in [2.45, 2.75) is 44.6 Å². The molecule has 0 spiro atoms. The Morgan fingerprint density at radius 3 is 2.88 bits per heavy atom. The summed E-state index contributed by atoms with van der Waals surface area (Å²) in [7, 11) is 0. The first-order chi connectivity index (χ1) is 12.3. The van der Waals surface area contributed by atoms with Gasteiger partial charge < -0.3 is 9.64 Å². The number of hydrogen-bond donors (Lipinski definition) is 0. The third-order valence-corrected chi connectivity index (χ3v) is 4.52. The van der Waals surface area contributed by atoms with Gasteiger partial charge in [0, 0.05) is 25.2 Å². The van der Waals surface area contributed by atoms with Crippen LogP contribution < -0.4 is 4.74 Å². The van der Waals surface area contributed by atoms with Gasteiger partial charge in [0.2, 0.25) is 11.8 Å². The molecule has 1 aromatic heterocycles. The Labute approximate surface area is 149 Å². The third kappa shape index (κ3) is 5.55. The number of amides is 1. The number of likely N-dealkylation sites (tertiary alicyclic amines) is 1. The molecule has 2 aromatic rings. The van der Waals surface area contributed by atoms with Crippen LogP contribution in [0.5, 0.6) is 5.88 Å². The van der Waals surface area contributed by atoms with E-state index in [4.69, 9.17) is 4.74 Å². The van der Waals surface area contributed by atoms with E-state index in [0.717, 1.165) is 38.6 Å². The number of benzene rings is 1. The minimum Gasteiger partial charge on any atom is -0.472 e. The first-order valence-corrected chi connectivity index (χ1v) is 9.05. The Kier molecular flexibility index (Phi) is 6.37. The normalized spacial score (nSPS) is 17.3. The Morgan fingerprint density at radius 1 is 1.20 bits per heavy atom. The highest BCUT2D eigenvalue weighted by atomic mass is 16.5. The predicted molar refractivity (Wildman–Crippen MR) is 96.3 cm³/mol. The molecule has 1 aliphatic heterocycles. The molecular formula is C20H25N3O2. The summed E-state index contributed by atoms with van der Waals surface area (Å²) in [6.07, 6.45) is 8.74. The molecule has 1 amide bonds. The summed E-state index contributed by atoms with van der Waals surface area (Å²) in [5, 5.41) is 0. The number of carbonyl (C=O) groups is 1. The summed E-state index contributed by atoms with van der Waals surface area (Å²) in [4.78, 5) is 22.4. The second-order valence-corrected chi connectivity index (χ2v) is 6.46. The summed E-state index contributed by atoms with van der Waals surface area (Å²) in [5.41, 5.74) is 1.34. The second kappa shape index (κ2) is 9.16. The van der Waals surface area contributed by atoms with Crippen LogP contribution in [0.15, 0.2) is 48.9 Å². The lowest BCUT2D eigenvalue weighted by atomic mass is 10.1. The number of hydrogen-bond acceptors (Lipinski definition) is 4. The molecule has 0 N–H and O–H groups in total. The van der Waals surface area contributed by atoms with E-state index in [1.54, 1.807) is 12.3 Å². The minimum absolute atomic E-state index is 0.0249. The van der Waals surface area contributed by atoms with Gasteiger partial charge in [0.25, 0.3) is 0 Å². The Morgan fingerprint density at radius 2 is 2.08 bits per heavy atom. The number of nitrogens with zero attached hydrogens (tertiary/aromatic N) is 3. The molecule has 1 aliphatic rings. The zero-order valence-electron chi connectivity index (χ0n) is 14.5. The lowest BCUT2D eigenvalue weighted by molar-refractivity contribution is -0.134. The molecule has 0 saturated carbocycles. The Bertz CT molecular complexity index is 649. The van der Waals surface area contributed by atoms with Crippen LogP contribution in [0.2, 0.25) is 0 Å². The minimum atomic E-state index is 0.0249. The molecule has 3 rings (SSSR count). The molecule has 132 valence electrons. The first kappa shape index (κ1) is 17.4. The summed E-state index contributed by atoms with van der Waals surface area (Å²) >= 11 is 0. The van der Waals surface area contributed by atoms with Crippen molar-refractivity contribution in [2.75, 3.05) is 13.1 Å². The summed E-state index contributed by atoms with van der Waals surface area (Å²) < 4.78 is 5.87. The average molecular weight is 339 g/mol. The highest BCUT2D eigenvalue weighted by Gasteiger charge is 2.24. The van der Waals surface area contributed by atoms with Crippen molar-refractivity contribution in [3.8, 4) is 5.88 Å². The lowest BCUT2D eigenvalue weighted by Gasteiger charge is -2.32. The molecule has 5 nitrogen and oxygen atoms in total. The molecule has 1 saturated heterocycles. The molecule has 0 radical (unpaired) electrons. The van der Waals surface area contributed by atoms with Crippen LogP contribution in [0.25, 0.3) is 0 Å². The van der Waals surface area contributed by atoms with Gasteiger partial charge in [-0.15, -0.1) is 0 Å². The van der Waals surface area contributed by atoms with Gasteiger partial charge in [-0.2, -0.15) is 0 Å². The monoisotopic (exact) mass is 339 g/mol. The quantitative estimate of drug-likeness (QED) is 0.727. The van der Waals surface area contributed by atoms with E-state index in [1.807, 2.05) is 11.0 Å². The van der Waals surface area contributed by atoms with Crippen LogP contribution in [-0.2, 0) is 11.2 Å². The molecule has 5 heteroatoms. The maximum absolute atomic E-state index is 12.5. The number of ether oxygens (including phenoxy) is 1. The van der Waals surface area contributed by atoms with Crippen molar-refractivity contribution in [3.63, 3.8) is 0 Å². The number of rotatable bonds is 7. The highest BCUT2D eigenvalue weighted by Crippen LogP contribution is 2.17. The van der Waals surface area contributed by atoms with Gasteiger partial charge in [0.05, 0.1) is 6.54 Å². The third-order valence-electron chi connectivity index (χ3n) is 4.52. The fourth-order valence-electron chi connectivity index (χ4n) is 3.19. The van der Waals surface area contributed by atoms with Gasteiger partial charge in [-0.1, -0.05) is 30.3 Å². The smallest absolute Gasteiger partial charge is 0.222 e. The van der Waals surface area contributed by atoms with Crippen molar-refractivity contribution in [3.05, 3.63) is 54.5 Å². The van der Waals surface area contributed by atoms with E-state index in [0.29, 0.717) is 18.8 Å². The predicted octanol–water partition coefficient (Wildman–Crippen LogP) is 3.26. The van der Waals surface area contributed by atoms with E-state index < -0.39 is 0 Å². The second-order valence-electron chi connectivity index (χ2n) is 6.46. The number of piperidine rings is 1. The lowest BCUT2D eigenvalue weighted by Crippen LogP contribution is -2.44. The van der Waals surface area contributed by atoms with Crippen LogP contribution in [0.1, 0.15) is 37.7 Å². The number of aromatic nitrogens is 2. The Hall–Kier alpha value is -2.43. The van der Waals surface area contributed by atoms with Gasteiger partial charge in [-0.25, -0.2) is 9.97 Å². The maximum atomic E-state index is 12.5. The summed E-state index contributed by atoms with van der Waals surface area (Å²) in [5.74, 6) is 0.821. The molecular weight excluding hydrogens is 314 g/mol. The number of aryl methyl sites for hydroxylation is 1. The topological polar surface area (TPSA) is 55.3 Å². The van der Waals surface area contributed by atoms with Gasteiger partial charge in [-0.05, 0) is 37.7 Å². The fraction of sp³-hybridized carbons (Fsp3) is 0.450. The van der Waals surface area contributed by atoms with Gasteiger partial charge in [0.15, 0.2) is 0 Å². The zero-order valence-corrected chi connectivity index (χ0v) is 14.5. The van der Waals surface area contributed by atoms with E-state index in [9.17, 15) is 4.79 Å². The molecule has 0 aliphatic carbocycles. The van der Waals surface area contributed by atoms with Gasteiger partial charge >= 0.3 is 0 Å². The molecule has 1 unspecified atom stereocenters. The van der Waals surface area contributed by atoms with Crippen LogP contribution in [0.4, 0.5) is 0 Å². The average Bonchev–Trinajstić information content (AvgIpc) is 2.67. The van der Waals surface area contributed by atoms with Crippen molar-refractivity contribution in [1.82, 2.24) is 14.9 Å². The van der Waals surface area contributed by atoms with E-state index >= 15 is 0 Å². The molecule has 1 atom stereocenters. The zero-order chi connectivity index (χ0) is 17.3. The van der Waals surface area contributed by atoms with E-state index in [2.05, 4.69) is 34.2 Å². The van der Waals surface area contributed by atoms with Crippen molar-refractivity contribution < 1.29 is 9.53 Å². The molecule has 25 heavy (non-hydrogen) atoms. The highest BCUT2D eigenvalue weighted by molar-refractivity contribution is 5.76. The van der Waals surface area contributed by atoms with Crippen molar-refractivity contribution >= 4 is 5.91 Å². The first-order valence-electron chi connectivity index (χ1n) is 9.05. The standard InChI is InChI=1S/C20H25N3O2/c24-20(11-5-4-9-17-7-2-1-3-8-17)23-14-6-10-18(15-23)25-19-12-13-21-16-22-19/h1-3,7-8,12-13,16,18H,4-6,9-11,14-15H2. The molecule has 0 bridgehead atoms. The van der Waals surface area contributed by atoms with Crippen molar-refractivity contribution in [2.24, 2.45) is 0 Å². The molecule has 1 fully saturated rings. The van der Waals surface area contributed by atoms with Crippen LogP contribution in [-0.4, -0.2) is 40.0 Å². The number of carbonyl (C=O) groups excluding carboxylic acids is 1. The molecule has 1 aromatic carbocycles. The Balaban J connectivity index is 1.39. The van der Waals surface area contributed by atoms with Crippen LogP contribution in [0.3, 0.4) is 0 Å². The summed E-state index contributed by atoms with van der Waals surface area (Å²) in [6, 6.07) is 12.2. The summed E-state index contributed by atoms with van der Waals surface area (Å²) in [6.45, 7) is 1.49. The van der Waals surface area contributed by atoms with Gasteiger partial charge in [-0.3, -0.25) is 4.79 Å².